The molecule has 2 aliphatic rings. The van der Waals surface area contributed by atoms with Gasteiger partial charge in [-0.3, -0.25) is 0 Å². The molecule has 0 bridgehead atoms. The Balaban J connectivity index is 1.26. The van der Waals surface area contributed by atoms with Gasteiger partial charge >= 0.3 is 0 Å². The van der Waals surface area contributed by atoms with Gasteiger partial charge in [-0.2, -0.15) is 0 Å². The summed E-state index contributed by atoms with van der Waals surface area (Å²) in [6, 6.07) is 9.14. The maximum atomic E-state index is 5.68. The average molecular weight is 275 g/mol. The van der Waals surface area contributed by atoms with Crippen LogP contribution in [-0.2, 0) is 11.3 Å². The summed E-state index contributed by atoms with van der Waals surface area (Å²) in [6.45, 7) is 3.19. The zero-order chi connectivity index (χ0) is 13.6. The molecule has 2 saturated carbocycles. The molecule has 0 radical (unpaired) electrons. The van der Waals surface area contributed by atoms with Gasteiger partial charge in [0.1, 0.15) is 12.4 Å². The molecule has 0 aliphatic heterocycles. The Morgan fingerprint density at radius 3 is 2.45 bits per heavy atom. The van der Waals surface area contributed by atoms with Crippen molar-refractivity contribution in [3.05, 3.63) is 29.8 Å². The highest BCUT2D eigenvalue weighted by atomic mass is 16.5. The fourth-order valence-corrected chi connectivity index (χ4v) is 2.23. The quantitative estimate of drug-likeness (QED) is 0.665. The molecule has 110 valence electrons. The highest BCUT2D eigenvalue weighted by molar-refractivity contribution is 5.27. The van der Waals surface area contributed by atoms with Gasteiger partial charge in [-0.1, -0.05) is 25.0 Å². The van der Waals surface area contributed by atoms with Crippen molar-refractivity contribution in [1.29, 1.82) is 0 Å². The Morgan fingerprint density at radius 2 is 1.75 bits per heavy atom. The normalized spacial score (nSPS) is 18.2. The number of ether oxygens (including phenoxy) is 2. The standard InChI is InChI=1S/C17H25NO2/c1-2-14(1)9-10-19-11-12-20-17-7-3-15(4-8-17)13-18-16-5-6-16/h3-4,7-8,14,16,18H,1-2,5-6,9-13H2. The van der Waals surface area contributed by atoms with Gasteiger partial charge in [-0.05, 0) is 42.9 Å². The molecule has 3 rings (SSSR count). The van der Waals surface area contributed by atoms with Gasteiger partial charge < -0.3 is 14.8 Å². The molecule has 0 aromatic heterocycles. The lowest BCUT2D eigenvalue weighted by molar-refractivity contribution is 0.0958. The summed E-state index contributed by atoms with van der Waals surface area (Å²) in [5.41, 5.74) is 1.32. The van der Waals surface area contributed by atoms with E-state index in [1.54, 1.807) is 0 Å². The monoisotopic (exact) mass is 275 g/mol. The number of hydrogen-bond donors (Lipinski definition) is 1. The summed E-state index contributed by atoms with van der Waals surface area (Å²) < 4.78 is 11.2. The van der Waals surface area contributed by atoms with E-state index in [4.69, 9.17) is 9.47 Å². The molecule has 1 N–H and O–H groups in total. The van der Waals surface area contributed by atoms with Gasteiger partial charge in [0.15, 0.2) is 0 Å². The van der Waals surface area contributed by atoms with E-state index < -0.39 is 0 Å². The van der Waals surface area contributed by atoms with E-state index in [0.717, 1.165) is 30.9 Å². The lowest BCUT2D eigenvalue weighted by atomic mass is 10.2. The average Bonchev–Trinajstić information content (AvgIpc) is 3.36. The molecule has 0 amide bonds. The van der Waals surface area contributed by atoms with Crippen LogP contribution in [0.25, 0.3) is 0 Å². The van der Waals surface area contributed by atoms with Crippen LogP contribution in [-0.4, -0.2) is 25.9 Å². The Labute approximate surface area is 121 Å². The van der Waals surface area contributed by atoms with Crippen molar-refractivity contribution in [3.8, 4) is 5.75 Å². The molecular weight excluding hydrogens is 250 g/mol. The van der Waals surface area contributed by atoms with Crippen molar-refractivity contribution in [2.24, 2.45) is 5.92 Å². The first-order valence-corrected chi connectivity index (χ1v) is 7.93. The van der Waals surface area contributed by atoms with Crippen LogP contribution in [0.5, 0.6) is 5.75 Å². The molecule has 2 fully saturated rings. The van der Waals surface area contributed by atoms with E-state index in [1.807, 2.05) is 12.1 Å². The van der Waals surface area contributed by atoms with Gasteiger partial charge in [-0.15, -0.1) is 0 Å². The van der Waals surface area contributed by atoms with Crippen LogP contribution < -0.4 is 10.1 Å². The SMILES string of the molecule is c1cc(OCCOCCC2CC2)ccc1CNC1CC1. The fraction of sp³-hybridized carbons (Fsp3) is 0.647. The number of benzene rings is 1. The largest absolute Gasteiger partial charge is 0.491 e. The highest BCUT2D eigenvalue weighted by Gasteiger charge is 2.20. The third kappa shape index (κ3) is 5.14. The first kappa shape index (κ1) is 13.9. The van der Waals surface area contributed by atoms with Crippen molar-refractivity contribution >= 4 is 0 Å². The van der Waals surface area contributed by atoms with Crippen LogP contribution in [0.15, 0.2) is 24.3 Å². The molecule has 2 aliphatic carbocycles. The van der Waals surface area contributed by atoms with E-state index in [-0.39, 0.29) is 0 Å². The van der Waals surface area contributed by atoms with Crippen molar-refractivity contribution in [1.82, 2.24) is 5.32 Å². The van der Waals surface area contributed by atoms with E-state index in [9.17, 15) is 0 Å². The van der Waals surface area contributed by atoms with Crippen LogP contribution in [0.4, 0.5) is 0 Å². The molecule has 0 atom stereocenters. The summed E-state index contributed by atoms with van der Waals surface area (Å²) >= 11 is 0. The second-order valence-corrected chi connectivity index (χ2v) is 5.99. The van der Waals surface area contributed by atoms with Crippen LogP contribution in [0, 0.1) is 5.92 Å². The van der Waals surface area contributed by atoms with Crippen molar-refractivity contribution in [3.63, 3.8) is 0 Å². The number of nitrogens with one attached hydrogen (secondary N) is 1. The second kappa shape index (κ2) is 7.09. The fourth-order valence-electron chi connectivity index (χ4n) is 2.23. The lowest BCUT2D eigenvalue weighted by Crippen LogP contribution is -2.15. The molecule has 0 saturated heterocycles. The summed E-state index contributed by atoms with van der Waals surface area (Å²) in [5.74, 6) is 1.89. The van der Waals surface area contributed by atoms with E-state index in [0.29, 0.717) is 13.2 Å². The second-order valence-electron chi connectivity index (χ2n) is 5.99. The van der Waals surface area contributed by atoms with Gasteiger partial charge in [0, 0.05) is 19.2 Å². The predicted molar refractivity (Wildman–Crippen MR) is 80.0 cm³/mol. The molecule has 1 aromatic carbocycles. The van der Waals surface area contributed by atoms with Gasteiger partial charge in [0.25, 0.3) is 0 Å². The predicted octanol–water partition coefficient (Wildman–Crippen LogP) is 3.13. The Bertz CT molecular complexity index is 396. The van der Waals surface area contributed by atoms with E-state index >= 15 is 0 Å². The lowest BCUT2D eigenvalue weighted by Gasteiger charge is -2.08. The molecular formula is C17H25NO2. The maximum absolute atomic E-state index is 5.68. The minimum atomic E-state index is 0.643. The third-order valence-electron chi connectivity index (χ3n) is 3.96. The molecule has 1 aromatic rings. The van der Waals surface area contributed by atoms with Crippen LogP contribution in [0.1, 0.15) is 37.7 Å². The van der Waals surface area contributed by atoms with Crippen molar-refractivity contribution in [2.45, 2.75) is 44.7 Å². The zero-order valence-electron chi connectivity index (χ0n) is 12.1. The minimum absolute atomic E-state index is 0.643. The first-order chi connectivity index (χ1) is 9.90. The number of rotatable bonds is 10. The third-order valence-corrected chi connectivity index (χ3v) is 3.96. The van der Waals surface area contributed by atoms with Crippen LogP contribution in [0.2, 0.25) is 0 Å². The molecule has 3 nitrogen and oxygen atoms in total. The van der Waals surface area contributed by atoms with E-state index in [2.05, 4.69) is 17.4 Å². The zero-order valence-corrected chi connectivity index (χ0v) is 12.1. The minimum Gasteiger partial charge on any atom is -0.491 e. The smallest absolute Gasteiger partial charge is 0.119 e. The summed E-state index contributed by atoms with van der Waals surface area (Å²) in [4.78, 5) is 0. The highest BCUT2D eigenvalue weighted by Crippen LogP contribution is 2.32. The summed E-state index contributed by atoms with van der Waals surface area (Å²) in [6.07, 6.45) is 6.70. The molecule has 0 unspecified atom stereocenters. The van der Waals surface area contributed by atoms with Crippen LogP contribution in [0.3, 0.4) is 0 Å². The van der Waals surface area contributed by atoms with Gasteiger partial charge in [0.05, 0.1) is 6.61 Å². The molecule has 3 heteroatoms. The van der Waals surface area contributed by atoms with Crippen LogP contribution >= 0.6 is 0 Å². The van der Waals surface area contributed by atoms with Gasteiger partial charge in [0.2, 0.25) is 0 Å². The maximum Gasteiger partial charge on any atom is 0.119 e. The molecule has 20 heavy (non-hydrogen) atoms. The summed E-state index contributed by atoms with van der Waals surface area (Å²) in [5, 5.41) is 3.51. The Hall–Kier alpha value is -1.06. The van der Waals surface area contributed by atoms with Gasteiger partial charge in [-0.25, -0.2) is 0 Å². The molecule has 0 heterocycles. The first-order valence-electron chi connectivity index (χ1n) is 7.93. The molecule has 0 spiro atoms. The summed E-state index contributed by atoms with van der Waals surface area (Å²) in [7, 11) is 0. The Morgan fingerprint density at radius 1 is 0.950 bits per heavy atom. The Kier molecular flexibility index (Phi) is 4.93. The van der Waals surface area contributed by atoms with Crippen molar-refractivity contribution < 1.29 is 9.47 Å². The van der Waals surface area contributed by atoms with E-state index in [1.165, 1.54) is 37.7 Å². The topological polar surface area (TPSA) is 30.5 Å². The number of hydrogen-bond acceptors (Lipinski definition) is 3. The van der Waals surface area contributed by atoms with Crippen molar-refractivity contribution in [2.75, 3.05) is 19.8 Å².